The molecule has 7 nitrogen and oxygen atoms in total. The Morgan fingerprint density at radius 3 is 2.67 bits per heavy atom. The fraction of sp³-hybridized carbons (Fsp3) is 0.500. The summed E-state index contributed by atoms with van der Waals surface area (Å²) in [6, 6.07) is 2.39. The van der Waals surface area contributed by atoms with Crippen molar-refractivity contribution in [2.45, 2.75) is 25.5 Å². The van der Waals surface area contributed by atoms with Crippen LogP contribution in [0.4, 0.5) is 0 Å². The van der Waals surface area contributed by atoms with Crippen LogP contribution in [0.5, 0.6) is 5.88 Å². The molecule has 2 unspecified atom stereocenters. The van der Waals surface area contributed by atoms with Gasteiger partial charge >= 0.3 is 5.97 Å². The molecule has 0 spiro atoms. The van der Waals surface area contributed by atoms with E-state index in [-0.39, 0.29) is 30.5 Å². The summed E-state index contributed by atoms with van der Waals surface area (Å²) in [6.45, 7) is 2.02. The largest absolute Gasteiger partial charge is 0.480 e. The molecule has 1 aliphatic rings. The average molecular weight is 294 g/mol. The molecular formula is C14H18N2O5. The zero-order chi connectivity index (χ0) is 15.6. The third-order valence-electron chi connectivity index (χ3n) is 3.57. The van der Waals surface area contributed by atoms with Crippen LogP contribution in [0.3, 0.4) is 0 Å². The number of hydrogen-bond donors (Lipinski definition) is 1. The molecule has 1 aromatic heterocycles. The second kappa shape index (κ2) is 6.09. The smallest absolute Gasteiger partial charge is 0.326 e. The number of carboxylic acids is 1. The number of likely N-dealkylation sites (tertiary alicyclic amines) is 1. The molecular weight excluding hydrogens is 276 g/mol. The van der Waals surface area contributed by atoms with E-state index in [0.717, 1.165) is 5.69 Å². The molecule has 0 radical (unpaired) electrons. The van der Waals surface area contributed by atoms with E-state index in [2.05, 4.69) is 4.98 Å². The van der Waals surface area contributed by atoms with Gasteiger partial charge in [0, 0.05) is 25.8 Å². The quantitative estimate of drug-likeness (QED) is 0.880. The van der Waals surface area contributed by atoms with Gasteiger partial charge in [-0.2, -0.15) is 0 Å². The van der Waals surface area contributed by atoms with Crippen molar-refractivity contribution in [1.29, 1.82) is 0 Å². The van der Waals surface area contributed by atoms with Crippen molar-refractivity contribution < 1.29 is 24.2 Å². The number of aliphatic carboxylic acids is 1. The molecule has 0 aliphatic carbocycles. The summed E-state index contributed by atoms with van der Waals surface area (Å²) in [7, 11) is 2.93. The summed E-state index contributed by atoms with van der Waals surface area (Å²) in [6.07, 6.45) is -0.00132. The fourth-order valence-corrected chi connectivity index (χ4v) is 2.43. The van der Waals surface area contributed by atoms with Gasteiger partial charge in [0.1, 0.15) is 11.6 Å². The highest BCUT2D eigenvalue weighted by Gasteiger charge is 2.40. The van der Waals surface area contributed by atoms with Crippen LogP contribution in [-0.4, -0.2) is 59.8 Å². The molecule has 0 bridgehead atoms. The lowest BCUT2D eigenvalue weighted by Gasteiger charge is -2.22. The maximum Gasteiger partial charge on any atom is 0.326 e. The zero-order valence-electron chi connectivity index (χ0n) is 12.2. The van der Waals surface area contributed by atoms with Gasteiger partial charge < -0.3 is 19.5 Å². The second-order valence-corrected chi connectivity index (χ2v) is 4.91. The number of hydrogen-bond acceptors (Lipinski definition) is 5. The van der Waals surface area contributed by atoms with Crippen LogP contribution in [0, 0.1) is 6.92 Å². The van der Waals surface area contributed by atoms with Crippen molar-refractivity contribution in [3.8, 4) is 5.88 Å². The van der Waals surface area contributed by atoms with Crippen LogP contribution >= 0.6 is 0 Å². The minimum Gasteiger partial charge on any atom is -0.480 e. The van der Waals surface area contributed by atoms with Gasteiger partial charge in [-0.1, -0.05) is 0 Å². The summed E-state index contributed by atoms with van der Waals surface area (Å²) < 4.78 is 10.3. The van der Waals surface area contributed by atoms with Crippen LogP contribution in [-0.2, 0) is 9.53 Å². The summed E-state index contributed by atoms with van der Waals surface area (Å²) in [5.41, 5.74) is 0.973. The molecule has 21 heavy (non-hydrogen) atoms. The molecule has 1 amide bonds. The normalized spacial score (nSPS) is 21.4. The highest BCUT2D eigenvalue weighted by atomic mass is 16.5. The Bertz CT molecular complexity index is 560. The van der Waals surface area contributed by atoms with E-state index in [0.29, 0.717) is 0 Å². The number of carboxylic acid groups (broad SMARTS) is 1. The highest BCUT2D eigenvalue weighted by Crippen LogP contribution is 2.25. The van der Waals surface area contributed by atoms with E-state index in [1.165, 1.54) is 19.1 Å². The van der Waals surface area contributed by atoms with Gasteiger partial charge in [0.25, 0.3) is 5.91 Å². The van der Waals surface area contributed by atoms with Gasteiger partial charge in [-0.15, -0.1) is 0 Å². The predicted octanol–water partition coefficient (Wildman–Crippen LogP) is 0.713. The summed E-state index contributed by atoms with van der Waals surface area (Å²) in [5, 5.41) is 9.27. The third kappa shape index (κ3) is 2.97. The third-order valence-corrected chi connectivity index (χ3v) is 3.57. The van der Waals surface area contributed by atoms with Crippen molar-refractivity contribution in [1.82, 2.24) is 9.88 Å². The number of pyridine rings is 1. The molecule has 7 heteroatoms. The Morgan fingerprint density at radius 1 is 1.38 bits per heavy atom. The van der Waals surface area contributed by atoms with E-state index in [1.54, 1.807) is 19.1 Å². The van der Waals surface area contributed by atoms with Crippen LogP contribution in [0.2, 0.25) is 0 Å². The molecule has 1 aromatic rings. The summed E-state index contributed by atoms with van der Waals surface area (Å²) in [4.78, 5) is 29.4. The van der Waals surface area contributed by atoms with Crippen molar-refractivity contribution >= 4 is 11.9 Å². The topological polar surface area (TPSA) is 89.0 Å². The molecule has 1 aliphatic heterocycles. The van der Waals surface area contributed by atoms with Gasteiger partial charge in [0.05, 0.1) is 13.2 Å². The zero-order valence-corrected chi connectivity index (χ0v) is 12.2. The van der Waals surface area contributed by atoms with Crippen LogP contribution in [0.1, 0.15) is 22.5 Å². The Labute approximate surface area is 122 Å². The van der Waals surface area contributed by atoms with E-state index in [4.69, 9.17) is 9.47 Å². The maximum absolute atomic E-state index is 12.6. The molecule has 0 aromatic carbocycles. The van der Waals surface area contributed by atoms with Crippen molar-refractivity contribution in [3.05, 3.63) is 23.4 Å². The standard InChI is InChI=1S/C14H18N2O5/c1-8-4-5-10(12(15-8)21-3)13(17)16-7-9(20-2)6-11(16)14(18)19/h4-5,9,11H,6-7H2,1-3H3,(H,18,19). The lowest BCUT2D eigenvalue weighted by molar-refractivity contribution is -0.141. The summed E-state index contributed by atoms with van der Waals surface area (Å²) in [5.74, 6) is -1.25. The Hall–Kier alpha value is -2.15. The van der Waals surface area contributed by atoms with Crippen LogP contribution in [0.15, 0.2) is 12.1 Å². The molecule has 2 atom stereocenters. The van der Waals surface area contributed by atoms with E-state index in [9.17, 15) is 14.7 Å². The Balaban J connectivity index is 2.32. The SMILES string of the molecule is COc1nc(C)ccc1C(=O)N1CC(OC)CC1C(=O)O. The van der Waals surface area contributed by atoms with Crippen molar-refractivity contribution in [2.75, 3.05) is 20.8 Å². The number of aryl methyl sites for hydroxylation is 1. The van der Waals surface area contributed by atoms with Crippen molar-refractivity contribution in [2.24, 2.45) is 0 Å². The van der Waals surface area contributed by atoms with Gasteiger partial charge in [0.2, 0.25) is 5.88 Å². The Kier molecular flexibility index (Phi) is 4.42. The molecule has 1 fully saturated rings. The minimum atomic E-state index is -1.04. The van der Waals surface area contributed by atoms with Gasteiger partial charge in [-0.3, -0.25) is 4.79 Å². The number of carbonyl (C=O) groups is 2. The lowest BCUT2D eigenvalue weighted by Crippen LogP contribution is -2.40. The fourth-order valence-electron chi connectivity index (χ4n) is 2.43. The number of nitrogens with zero attached hydrogens (tertiary/aromatic N) is 2. The van der Waals surface area contributed by atoms with Crippen LogP contribution < -0.4 is 4.74 Å². The van der Waals surface area contributed by atoms with E-state index >= 15 is 0 Å². The molecule has 1 saturated heterocycles. The van der Waals surface area contributed by atoms with Gasteiger partial charge in [-0.05, 0) is 19.1 Å². The van der Waals surface area contributed by atoms with Gasteiger partial charge in [-0.25, -0.2) is 9.78 Å². The average Bonchev–Trinajstić information content (AvgIpc) is 2.91. The first-order valence-electron chi connectivity index (χ1n) is 6.56. The summed E-state index contributed by atoms with van der Waals surface area (Å²) >= 11 is 0. The first kappa shape index (κ1) is 15.2. The van der Waals surface area contributed by atoms with E-state index < -0.39 is 17.9 Å². The van der Waals surface area contributed by atoms with Crippen LogP contribution in [0.25, 0.3) is 0 Å². The number of carbonyl (C=O) groups excluding carboxylic acids is 1. The second-order valence-electron chi connectivity index (χ2n) is 4.91. The van der Waals surface area contributed by atoms with Crippen molar-refractivity contribution in [3.63, 3.8) is 0 Å². The Morgan fingerprint density at radius 2 is 2.10 bits per heavy atom. The number of amides is 1. The monoisotopic (exact) mass is 294 g/mol. The number of methoxy groups -OCH3 is 2. The minimum absolute atomic E-state index is 0.199. The molecule has 2 heterocycles. The van der Waals surface area contributed by atoms with E-state index in [1.807, 2.05) is 0 Å². The number of aromatic nitrogens is 1. The predicted molar refractivity (Wildman–Crippen MR) is 73.4 cm³/mol. The molecule has 114 valence electrons. The first-order chi connectivity index (χ1) is 9.97. The maximum atomic E-state index is 12.6. The number of rotatable bonds is 4. The lowest BCUT2D eigenvalue weighted by atomic mass is 10.1. The molecule has 1 N–H and O–H groups in total. The molecule has 2 rings (SSSR count). The molecule has 0 saturated carbocycles. The number of ether oxygens (including phenoxy) is 2. The highest BCUT2D eigenvalue weighted by molar-refractivity contribution is 5.98. The first-order valence-corrected chi connectivity index (χ1v) is 6.56. The van der Waals surface area contributed by atoms with Gasteiger partial charge in [0.15, 0.2) is 0 Å².